The van der Waals surface area contributed by atoms with E-state index in [1.165, 1.54) is 22.4 Å². The number of para-hydroxylation sites is 2. The molecule has 3 heterocycles. The summed E-state index contributed by atoms with van der Waals surface area (Å²) in [6.07, 6.45) is 2.41. The van der Waals surface area contributed by atoms with Crippen LogP contribution in [0.3, 0.4) is 0 Å². The Balaban J connectivity index is 1.56. The van der Waals surface area contributed by atoms with Crippen molar-refractivity contribution in [1.29, 1.82) is 0 Å². The maximum Gasteiger partial charge on any atom is 0.254 e. The number of thiophene rings is 1. The molecule has 2 aliphatic heterocycles. The van der Waals surface area contributed by atoms with E-state index in [0.717, 1.165) is 4.90 Å². The SMILES string of the molecule is O=C1C2C=CC(C(O)c3cccs3)N(Nc3ccccc3F)C2C(=O)N1c1ccccc1. The molecule has 1 fully saturated rings. The highest BCUT2D eigenvalue weighted by molar-refractivity contribution is 7.10. The number of benzene rings is 2. The topological polar surface area (TPSA) is 72.9 Å². The maximum absolute atomic E-state index is 14.5. The number of nitrogens with zero attached hydrogens (tertiary/aromatic N) is 2. The van der Waals surface area contributed by atoms with Crippen molar-refractivity contribution in [2.45, 2.75) is 18.2 Å². The van der Waals surface area contributed by atoms with Gasteiger partial charge >= 0.3 is 0 Å². The van der Waals surface area contributed by atoms with Gasteiger partial charge < -0.3 is 10.5 Å². The minimum atomic E-state index is -0.972. The summed E-state index contributed by atoms with van der Waals surface area (Å²) in [5, 5.41) is 14.4. The molecule has 2 amide bonds. The lowest BCUT2D eigenvalue weighted by Crippen LogP contribution is -2.55. The average molecular weight is 450 g/mol. The number of hydrogen-bond donors (Lipinski definition) is 2. The molecule has 8 heteroatoms. The highest BCUT2D eigenvalue weighted by atomic mass is 32.1. The van der Waals surface area contributed by atoms with Gasteiger partial charge in [0, 0.05) is 4.88 Å². The van der Waals surface area contributed by atoms with Gasteiger partial charge in [-0.1, -0.05) is 48.6 Å². The quantitative estimate of drug-likeness (QED) is 0.459. The molecule has 0 saturated carbocycles. The molecule has 3 aromatic rings. The molecular weight excluding hydrogens is 429 g/mol. The Morgan fingerprint density at radius 3 is 2.41 bits per heavy atom. The molecule has 1 aromatic heterocycles. The Morgan fingerprint density at radius 2 is 1.69 bits per heavy atom. The van der Waals surface area contributed by atoms with Gasteiger partial charge in [0.2, 0.25) is 5.91 Å². The first-order valence-corrected chi connectivity index (χ1v) is 11.1. The van der Waals surface area contributed by atoms with E-state index in [2.05, 4.69) is 5.43 Å². The fourth-order valence-corrected chi connectivity index (χ4v) is 4.97. The monoisotopic (exact) mass is 449 g/mol. The fraction of sp³-hybridized carbons (Fsp3) is 0.167. The largest absolute Gasteiger partial charge is 0.386 e. The highest BCUT2D eigenvalue weighted by Gasteiger charge is 2.54. The second kappa shape index (κ2) is 8.31. The Morgan fingerprint density at radius 1 is 0.938 bits per heavy atom. The summed E-state index contributed by atoms with van der Waals surface area (Å²) in [4.78, 5) is 28.6. The van der Waals surface area contributed by atoms with Gasteiger partial charge in [-0.15, -0.1) is 11.3 Å². The van der Waals surface area contributed by atoms with Gasteiger partial charge in [0.15, 0.2) is 0 Å². The number of hydrazine groups is 1. The van der Waals surface area contributed by atoms with Crippen molar-refractivity contribution < 1.29 is 19.1 Å². The number of aliphatic hydroxyl groups is 1. The van der Waals surface area contributed by atoms with Crippen molar-refractivity contribution >= 4 is 34.5 Å². The Labute approximate surface area is 188 Å². The van der Waals surface area contributed by atoms with Crippen LogP contribution in [0.5, 0.6) is 0 Å². The molecule has 5 rings (SSSR count). The molecule has 0 aliphatic carbocycles. The van der Waals surface area contributed by atoms with Gasteiger partial charge in [-0.2, -0.15) is 0 Å². The standard InChI is InChI=1S/C24H20FN3O3S/c25-17-9-4-5-10-18(17)26-28-19(22(29)20-11-6-14-32-20)13-12-16-21(28)24(31)27(23(16)30)15-7-2-1-3-8-15/h1-14,16,19,21-22,26,29H. The number of anilines is 2. The third-order valence-electron chi connectivity index (χ3n) is 5.75. The van der Waals surface area contributed by atoms with E-state index in [-0.39, 0.29) is 11.6 Å². The first kappa shape index (κ1) is 20.6. The lowest BCUT2D eigenvalue weighted by atomic mass is 9.92. The fourth-order valence-electron chi connectivity index (χ4n) is 4.22. The molecule has 4 unspecified atom stereocenters. The Bertz CT molecular complexity index is 1170. The summed E-state index contributed by atoms with van der Waals surface area (Å²) < 4.78 is 14.5. The normalized spacial score (nSPS) is 23.9. The second-order valence-corrected chi connectivity index (χ2v) is 8.63. The number of rotatable bonds is 5. The van der Waals surface area contributed by atoms with E-state index < -0.39 is 35.8 Å². The zero-order valence-electron chi connectivity index (χ0n) is 16.8. The van der Waals surface area contributed by atoms with Crippen LogP contribution < -0.4 is 10.3 Å². The van der Waals surface area contributed by atoms with Gasteiger partial charge in [-0.25, -0.2) is 14.3 Å². The summed E-state index contributed by atoms with van der Waals surface area (Å²) in [6.45, 7) is 0. The Kier molecular flexibility index (Phi) is 5.34. The molecule has 0 radical (unpaired) electrons. The van der Waals surface area contributed by atoms with Crippen molar-refractivity contribution in [3.05, 3.63) is 95.0 Å². The van der Waals surface area contributed by atoms with Gasteiger partial charge in [-0.05, 0) is 35.7 Å². The number of halogens is 1. The summed E-state index contributed by atoms with van der Waals surface area (Å²) in [7, 11) is 0. The molecule has 0 spiro atoms. The zero-order valence-corrected chi connectivity index (χ0v) is 17.7. The van der Waals surface area contributed by atoms with E-state index in [9.17, 15) is 19.1 Å². The number of fused-ring (bicyclic) bond motifs is 1. The van der Waals surface area contributed by atoms with Crippen LogP contribution in [0.1, 0.15) is 11.0 Å². The van der Waals surface area contributed by atoms with Crippen LogP contribution in [-0.2, 0) is 9.59 Å². The lowest BCUT2D eigenvalue weighted by molar-refractivity contribution is -0.123. The van der Waals surface area contributed by atoms with Gasteiger partial charge in [-0.3, -0.25) is 9.59 Å². The molecule has 4 atom stereocenters. The second-order valence-electron chi connectivity index (χ2n) is 7.65. The predicted molar refractivity (Wildman–Crippen MR) is 120 cm³/mol. The van der Waals surface area contributed by atoms with Crippen LogP contribution in [0.15, 0.2) is 84.3 Å². The van der Waals surface area contributed by atoms with E-state index in [4.69, 9.17) is 0 Å². The van der Waals surface area contributed by atoms with Crippen LogP contribution in [-0.4, -0.2) is 34.0 Å². The van der Waals surface area contributed by atoms with Gasteiger partial charge in [0.25, 0.3) is 5.91 Å². The van der Waals surface area contributed by atoms with Crippen molar-refractivity contribution in [3.63, 3.8) is 0 Å². The van der Waals surface area contributed by atoms with Crippen LogP contribution in [0.2, 0.25) is 0 Å². The first-order valence-electron chi connectivity index (χ1n) is 10.2. The maximum atomic E-state index is 14.5. The number of carbonyl (C=O) groups excluding carboxylic acids is 2. The third kappa shape index (κ3) is 3.42. The Hall–Kier alpha value is -3.33. The zero-order chi connectivity index (χ0) is 22.2. The van der Waals surface area contributed by atoms with E-state index >= 15 is 0 Å². The molecular formula is C24H20FN3O3S. The highest BCUT2D eigenvalue weighted by Crippen LogP contribution is 2.38. The summed E-state index contributed by atoms with van der Waals surface area (Å²) in [5.74, 6) is -2.04. The van der Waals surface area contributed by atoms with Crippen molar-refractivity contribution in [2.75, 3.05) is 10.3 Å². The molecule has 6 nitrogen and oxygen atoms in total. The smallest absolute Gasteiger partial charge is 0.254 e. The number of carbonyl (C=O) groups is 2. The summed E-state index contributed by atoms with van der Waals surface area (Å²) >= 11 is 1.39. The first-order chi connectivity index (χ1) is 15.6. The summed E-state index contributed by atoms with van der Waals surface area (Å²) in [5.41, 5.74) is 3.62. The molecule has 0 bridgehead atoms. The van der Waals surface area contributed by atoms with Gasteiger partial charge in [0.05, 0.1) is 23.3 Å². The number of imide groups is 1. The molecule has 2 aromatic carbocycles. The van der Waals surface area contributed by atoms with Crippen molar-refractivity contribution in [3.8, 4) is 0 Å². The van der Waals surface area contributed by atoms with E-state index in [1.807, 2.05) is 11.4 Å². The summed E-state index contributed by atoms with van der Waals surface area (Å²) in [6, 6.07) is 16.8. The molecule has 162 valence electrons. The number of amides is 2. The molecule has 32 heavy (non-hydrogen) atoms. The average Bonchev–Trinajstić information content (AvgIpc) is 3.43. The molecule has 2 aliphatic rings. The van der Waals surface area contributed by atoms with Crippen LogP contribution in [0.4, 0.5) is 15.8 Å². The van der Waals surface area contributed by atoms with Crippen LogP contribution in [0, 0.1) is 11.7 Å². The van der Waals surface area contributed by atoms with E-state index in [0.29, 0.717) is 10.6 Å². The van der Waals surface area contributed by atoms with Crippen LogP contribution >= 0.6 is 11.3 Å². The lowest BCUT2D eigenvalue weighted by Gasteiger charge is -2.40. The molecule has 1 saturated heterocycles. The minimum absolute atomic E-state index is 0.156. The number of nitrogens with one attached hydrogen (secondary N) is 1. The van der Waals surface area contributed by atoms with E-state index in [1.54, 1.807) is 66.7 Å². The predicted octanol–water partition coefficient (Wildman–Crippen LogP) is 3.75. The minimum Gasteiger partial charge on any atom is -0.386 e. The third-order valence-corrected chi connectivity index (χ3v) is 6.69. The molecule has 2 N–H and O–H groups in total. The van der Waals surface area contributed by atoms with Gasteiger partial charge in [0.1, 0.15) is 18.0 Å². The van der Waals surface area contributed by atoms with Crippen LogP contribution in [0.25, 0.3) is 0 Å². The number of hydrogen-bond acceptors (Lipinski definition) is 6. The van der Waals surface area contributed by atoms with Crippen molar-refractivity contribution in [2.24, 2.45) is 5.92 Å². The van der Waals surface area contributed by atoms with Crippen molar-refractivity contribution in [1.82, 2.24) is 5.01 Å². The number of aliphatic hydroxyl groups excluding tert-OH is 1.